The molecule has 0 aromatic heterocycles. The minimum Gasteiger partial charge on any atom is -0.326 e. The first-order valence-corrected chi connectivity index (χ1v) is 8.76. The summed E-state index contributed by atoms with van der Waals surface area (Å²) in [6.07, 6.45) is 3.96. The third kappa shape index (κ3) is 3.22. The topological polar surface area (TPSA) is 72.2 Å². The van der Waals surface area contributed by atoms with Gasteiger partial charge >= 0.3 is 0 Å². The van der Waals surface area contributed by atoms with Crippen LogP contribution in [0.15, 0.2) is 23.1 Å². The van der Waals surface area contributed by atoms with Gasteiger partial charge in [0.2, 0.25) is 10.0 Å². The average molecular weight is 296 g/mol. The molecule has 0 aliphatic heterocycles. The van der Waals surface area contributed by atoms with E-state index in [1.165, 1.54) is 0 Å². The van der Waals surface area contributed by atoms with E-state index < -0.39 is 10.0 Å². The Kier molecular flexibility index (Phi) is 4.52. The van der Waals surface area contributed by atoms with E-state index in [1.807, 2.05) is 19.1 Å². The molecule has 0 saturated heterocycles. The number of hydrogen-bond donors (Lipinski definition) is 2. The molecule has 1 aliphatic carbocycles. The number of benzene rings is 1. The van der Waals surface area contributed by atoms with Crippen molar-refractivity contribution in [3.05, 3.63) is 29.3 Å². The zero-order valence-corrected chi connectivity index (χ0v) is 13.1. The van der Waals surface area contributed by atoms with Crippen LogP contribution in [0.2, 0.25) is 0 Å². The Bertz CT molecular complexity index is 578. The van der Waals surface area contributed by atoms with Crippen LogP contribution in [0.3, 0.4) is 0 Å². The van der Waals surface area contributed by atoms with E-state index in [0.717, 1.165) is 30.4 Å². The maximum Gasteiger partial charge on any atom is 0.240 e. The lowest BCUT2D eigenvalue weighted by atomic mass is 10.1. The van der Waals surface area contributed by atoms with Crippen molar-refractivity contribution >= 4 is 10.0 Å². The number of rotatable bonds is 7. The van der Waals surface area contributed by atoms with Crippen molar-refractivity contribution in [3.63, 3.8) is 0 Å². The molecule has 0 heterocycles. The third-order valence-corrected chi connectivity index (χ3v) is 5.87. The zero-order chi connectivity index (χ0) is 14.8. The minimum atomic E-state index is -3.44. The molecule has 4 nitrogen and oxygen atoms in total. The molecule has 1 aromatic carbocycles. The molecule has 2 rings (SSSR count). The number of sulfonamides is 1. The summed E-state index contributed by atoms with van der Waals surface area (Å²) in [6.45, 7) is 4.98. The van der Waals surface area contributed by atoms with E-state index in [9.17, 15) is 8.42 Å². The first-order chi connectivity index (χ1) is 9.46. The summed E-state index contributed by atoms with van der Waals surface area (Å²) >= 11 is 0. The number of hydrogen-bond acceptors (Lipinski definition) is 3. The summed E-state index contributed by atoms with van der Waals surface area (Å²) < 4.78 is 27.8. The molecule has 0 amide bonds. The average Bonchev–Trinajstić information content (AvgIpc) is 3.25. The van der Waals surface area contributed by atoms with Crippen molar-refractivity contribution in [2.24, 2.45) is 11.1 Å². The molecule has 1 aromatic rings. The van der Waals surface area contributed by atoms with Crippen LogP contribution in [0.4, 0.5) is 0 Å². The quantitative estimate of drug-likeness (QED) is 0.810. The standard InChI is InChI=1S/C15H24N2O2S/c1-3-13-6-5-12(10-16)9-14(13)20(18,19)17-11-15(4-2)7-8-15/h5-6,9,17H,3-4,7-8,10-11,16H2,1-2H3. The fraction of sp³-hybridized carbons (Fsp3) is 0.600. The molecule has 1 aliphatic rings. The summed E-state index contributed by atoms with van der Waals surface area (Å²) in [5.41, 5.74) is 7.50. The van der Waals surface area contributed by atoms with Crippen LogP contribution in [-0.2, 0) is 23.0 Å². The van der Waals surface area contributed by atoms with Gasteiger partial charge < -0.3 is 5.73 Å². The van der Waals surface area contributed by atoms with Crippen LogP contribution in [0.1, 0.15) is 44.2 Å². The second-order valence-electron chi connectivity index (χ2n) is 5.68. The van der Waals surface area contributed by atoms with E-state index in [0.29, 0.717) is 24.4 Å². The highest BCUT2D eigenvalue weighted by Crippen LogP contribution is 2.48. The van der Waals surface area contributed by atoms with E-state index in [4.69, 9.17) is 5.73 Å². The lowest BCUT2D eigenvalue weighted by Crippen LogP contribution is -2.30. The molecule has 1 saturated carbocycles. The molecular weight excluding hydrogens is 272 g/mol. The Balaban J connectivity index is 2.23. The van der Waals surface area contributed by atoms with Gasteiger partial charge in [0, 0.05) is 13.1 Å². The summed E-state index contributed by atoms with van der Waals surface area (Å²) in [5.74, 6) is 0. The Morgan fingerprint density at radius 2 is 2.00 bits per heavy atom. The third-order valence-electron chi connectivity index (χ3n) is 4.38. The predicted molar refractivity (Wildman–Crippen MR) is 80.9 cm³/mol. The fourth-order valence-electron chi connectivity index (χ4n) is 2.43. The Morgan fingerprint density at radius 1 is 1.30 bits per heavy atom. The summed E-state index contributed by atoms with van der Waals surface area (Å²) in [4.78, 5) is 0.384. The minimum absolute atomic E-state index is 0.199. The molecule has 0 unspecified atom stereocenters. The van der Waals surface area contributed by atoms with Gasteiger partial charge in [-0.05, 0) is 48.3 Å². The van der Waals surface area contributed by atoms with Crippen LogP contribution in [0.5, 0.6) is 0 Å². The van der Waals surface area contributed by atoms with Gasteiger partial charge in [0.05, 0.1) is 4.90 Å². The molecular formula is C15H24N2O2S. The Labute approximate surface area is 121 Å². The van der Waals surface area contributed by atoms with Crippen LogP contribution >= 0.6 is 0 Å². The Hall–Kier alpha value is -0.910. The van der Waals surface area contributed by atoms with Crippen molar-refractivity contribution in [1.29, 1.82) is 0 Å². The zero-order valence-electron chi connectivity index (χ0n) is 12.3. The van der Waals surface area contributed by atoms with Crippen LogP contribution < -0.4 is 10.5 Å². The van der Waals surface area contributed by atoms with Crippen molar-refractivity contribution in [3.8, 4) is 0 Å². The van der Waals surface area contributed by atoms with Crippen molar-refractivity contribution in [2.45, 2.75) is 51.0 Å². The van der Waals surface area contributed by atoms with Crippen molar-refractivity contribution in [2.75, 3.05) is 6.54 Å². The molecule has 3 N–H and O–H groups in total. The SMILES string of the molecule is CCc1ccc(CN)cc1S(=O)(=O)NCC1(CC)CC1. The van der Waals surface area contributed by atoms with Gasteiger partial charge in [-0.25, -0.2) is 13.1 Å². The normalized spacial score (nSPS) is 17.1. The summed E-state index contributed by atoms with van der Waals surface area (Å²) in [7, 11) is -3.44. The molecule has 0 radical (unpaired) electrons. The molecule has 1 fully saturated rings. The lowest BCUT2D eigenvalue weighted by Gasteiger charge is -2.16. The summed E-state index contributed by atoms with van der Waals surface area (Å²) in [5, 5.41) is 0. The first-order valence-electron chi connectivity index (χ1n) is 7.28. The highest BCUT2D eigenvalue weighted by atomic mass is 32.2. The largest absolute Gasteiger partial charge is 0.326 e. The van der Waals surface area contributed by atoms with E-state index in [-0.39, 0.29) is 5.41 Å². The molecule has 0 spiro atoms. The van der Waals surface area contributed by atoms with Gasteiger partial charge in [-0.3, -0.25) is 0 Å². The first kappa shape index (κ1) is 15.5. The highest BCUT2D eigenvalue weighted by Gasteiger charge is 2.41. The number of aryl methyl sites for hydroxylation is 1. The van der Waals surface area contributed by atoms with E-state index in [2.05, 4.69) is 11.6 Å². The smallest absolute Gasteiger partial charge is 0.240 e. The maximum absolute atomic E-state index is 12.5. The monoisotopic (exact) mass is 296 g/mol. The van der Waals surface area contributed by atoms with E-state index >= 15 is 0 Å². The predicted octanol–water partition coefficient (Wildman–Crippen LogP) is 2.18. The molecule has 112 valence electrons. The van der Waals surface area contributed by atoms with Gasteiger partial charge in [0.1, 0.15) is 0 Å². The van der Waals surface area contributed by atoms with Crippen LogP contribution in [0.25, 0.3) is 0 Å². The molecule has 5 heteroatoms. The van der Waals surface area contributed by atoms with Crippen LogP contribution in [0, 0.1) is 5.41 Å². The van der Waals surface area contributed by atoms with Gasteiger partial charge in [0.15, 0.2) is 0 Å². The van der Waals surface area contributed by atoms with Gasteiger partial charge in [-0.2, -0.15) is 0 Å². The lowest BCUT2D eigenvalue weighted by molar-refractivity contribution is 0.475. The fourth-order valence-corrected chi connectivity index (χ4v) is 3.94. The van der Waals surface area contributed by atoms with Crippen molar-refractivity contribution in [1.82, 2.24) is 4.72 Å². The summed E-state index contributed by atoms with van der Waals surface area (Å²) in [6, 6.07) is 5.46. The van der Waals surface area contributed by atoms with Gasteiger partial charge in [-0.15, -0.1) is 0 Å². The highest BCUT2D eigenvalue weighted by molar-refractivity contribution is 7.89. The van der Waals surface area contributed by atoms with Gasteiger partial charge in [-0.1, -0.05) is 26.0 Å². The van der Waals surface area contributed by atoms with E-state index in [1.54, 1.807) is 6.07 Å². The molecule has 0 bridgehead atoms. The maximum atomic E-state index is 12.5. The molecule has 0 atom stereocenters. The van der Waals surface area contributed by atoms with Gasteiger partial charge in [0.25, 0.3) is 0 Å². The second kappa shape index (κ2) is 5.84. The molecule has 20 heavy (non-hydrogen) atoms. The Morgan fingerprint density at radius 3 is 2.50 bits per heavy atom. The second-order valence-corrected chi connectivity index (χ2v) is 7.41. The van der Waals surface area contributed by atoms with Crippen LogP contribution in [-0.4, -0.2) is 15.0 Å². The number of nitrogens with one attached hydrogen (secondary N) is 1. The number of nitrogens with two attached hydrogens (primary N) is 1. The van der Waals surface area contributed by atoms with Crippen molar-refractivity contribution < 1.29 is 8.42 Å².